The van der Waals surface area contributed by atoms with Crippen LogP contribution < -0.4 is 4.57 Å². The van der Waals surface area contributed by atoms with Crippen molar-refractivity contribution < 1.29 is 4.57 Å². The molecule has 0 unspecified atom stereocenters. The maximum atomic E-state index is 8.00. The summed E-state index contributed by atoms with van der Waals surface area (Å²) in [4.78, 5) is 8.00. The lowest BCUT2D eigenvalue weighted by atomic mass is 10.1. The zero-order valence-corrected chi connectivity index (χ0v) is 12.1. The quantitative estimate of drug-likeness (QED) is 0.383. The molecule has 0 N–H and O–H groups in total. The number of fused-ring (bicyclic) bond motifs is 1. The molecule has 0 saturated heterocycles. The van der Waals surface area contributed by atoms with E-state index in [0.29, 0.717) is 0 Å². The smallest absolute Gasteiger partial charge is 0.212 e. The third kappa shape index (κ3) is 3.55. The molecule has 0 saturated carbocycles. The number of hydrogen-bond acceptors (Lipinski definition) is 3. The van der Waals surface area contributed by atoms with E-state index >= 15 is 0 Å². The van der Waals surface area contributed by atoms with Crippen LogP contribution in [-0.4, -0.2) is 0 Å². The Morgan fingerprint density at radius 2 is 1.67 bits per heavy atom. The van der Waals surface area contributed by atoms with Gasteiger partial charge in [0.05, 0.1) is 0 Å². The number of para-hydroxylation sites is 1. The Hall–Kier alpha value is -2.46. The Labute approximate surface area is 127 Å². The fourth-order valence-electron chi connectivity index (χ4n) is 2.21. The lowest BCUT2D eigenvalue weighted by Gasteiger charge is -2.03. The number of hydrogen-bond donors (Lipinski definition) is 0. The molecule has 0 bridgehead atoms. The zero-order chi connectivity index (χ0) is 15.2. The lowest BCUT2D eigenvalue weighted by molar-refractivity contribution is -0.644. The van der Waals surface area contributed by atoms with Crippen molar-refractivity contribution in [2.45, 2.75) is 0 Å². The van der Waals surface area contributed by atoms with Gasteiger partial charge in [-0.15, -0.1) is 5.34 Å². The highest BCUT2D eigenvalue weighted by atomic mass is 35.5. The van der Waals surface area contributed by atoms with Crippen molar-refractivity contribution in [3.8, 4) is 11.1 Å². The molecular weight excluding hydrogens is 288 g/mol. The lowest BCUT2D eigenvalue weighted by Crippen LogP contribution is -2.28. The Morgan fingerprint density at radius 1 is 1.05 bits per heavy atom. The summed E-state index contributed by atoms with van der Waals surface area (Å²) in [5.41, 5.74) is 3.61. The van der Waals surface area contributed by atoms with Gasteiger partial charge in [-0.05, 0) is 29.8 Å². The molecule has 1 aromatic heterocycles. The van der Waals surface area contributed by atoms with Gasteiger partial charge in [-0.2, -0.15) is 0 Å². The summed E-state index contributed by atoms with van der Waals surface area (Å²) in [6.45, 7) is 0. The van der Waals surface area contributed by atoms with E-state index in [0.717, 1.165) is 10.4 Å². The Bertz CT molecular complexity index is 758. The normalized spacial score (nSPS) is 9.81. The minimum absolute atomic E-state index is 0.768. The van der Waals surface area contributed by atoms with E-state index in [4.69, 9.17) is 21.7 Å². The molecule has 0 radical (unpaired) electrons. The van der Waals surface area contributed by atoms with Crippen LogP contribution >= 0.6 is 11.6 Å². The number of pyridine rings is 1. The van der Waals surface area contributed by atoms with E-state index in [-0.39, 0.29) is 0 Å². The molecule has 0 amide bonds. The van der Waals surface area contributed by atoms with E-state index < -0.39 is 0 Å². The topological polar surface area (TPSA) is 56.4 Å². The van der Waals surface area contributed by atoms with Crippen LogP contribution in [0.25, 0.3) is 22.0 Å². The molecule has 0 aliphatic heterocycles. The van der Waals surface area contributed by atoms with Crippen LogP contribution in [0, 0.1) is 10.1 Å². The van der Waals surface area contributed by atoms with Crippen molar-refractivity contribution in [2.24, 2.45) is 12.4 Å². The van der Waals surface area contributed by atoms with E-state index in [9.17, 15) is 0 Å². The molecule has 0 fully saturated rings. The van der Waals surface area contributed by atoms with Crippen molar-refractivity contribution in [1.29, 1.82) is 0 Å². The van der Waals surface area contributed by atoms with Gasteiger partial charge < -0.3 is 10.1 Å². The maximum absolute atomic E-state index is 8.00. The first-order valence-corrected chi connectivity index (χ1v) is 6.63. The molecule has 4 nitrogen and oxygen atoms in total. The molecule has 0 atom stereocenters. The van der Waals surface area contributed by atoms with Gasteiger partial charge in [0, 0.05) is 22.0 Å². The molecule has 0 aliphatic rings. The molecule has 0 spiro atoms. The van der Waals surface area contributed by atoms with Gasteiger partial charge in [0.2, 0.25) is 5.52 Å². The third-order valence-corrected chi connectivity index (χ3v) is 3.39. The van der Waals surface area contributed by atoms with Crippen LogP contribution in [0.3, 0.4) is 0 Å². The first-order chi connectivity index (χ1) is 10.2. The van der Waals surface area contributed by atoms with Crippen LogP contribution in [0.2, 0.25) is 5.02 Å². The first kappa shape index (κ1) is 14.9. The average Bonchev–Trinajstić information content (AvgIpc) is 2.49. The molecule has 3 aromatic rings. The predicted octanol–water partition coefficient (Wildman–Crippen LogP) is 4.24. The van der Waals surface area contributed by atoms with Gasteiger partial charge in [-0.1, -0.05) is 35.9 Å². The van der Waals surface area contributed by atoms with Crippen molar-refractivity contribution in [2.75, 3.05) is 0 Å². The number of rotatable bonds is 1. The average molecular weight is 301 g/mol. The fraction of sp³-hybridized carbons (Fsp3) is 0.0625. The van der Waals surface area contributed by atoms with Crippen molar-refractivity contribution in [1.82, 2.24) is 0 Å². The monoisotopic (exact) mass is 300 g/mol. The van der Waals surface area contributed by atoms with Crippen LogP contribution in [0.5, 0.6) is 0 Å². The highest BCUT2D eigenvalue weighted by molar-refractivity contribution is 6.30. The molecule has 3 rings (SSSR count). The van der Waals surface area contributed by atoms with Crippen molar-refractivity contribution in [3.63, 3.8) is 0 Å². The standard InChI is InChI=1S/C16H13ClN.HNO2/c1-18-11-14(12-6-8-15(17)9-7-12)10-13-4-2-3-5-16(13)18;2-1-3/h2-11H,1H3;(H,2,3)/q+1;/p-1. The molecule has 21 heavy (non-hydrogen) atoms. The van der Waals surface area contributed by atoms with Gasteiger partial charge >= 0.3 is 0 Å². The van der Waals surface area contributed by atoms with Crippen LogP contribution in [0.1, 0.15) is 0 Å². The van der Waals surface area contributed by atoms with Crippen LogP contribution in [0.15, 0.2) is 66.1 Å². The van der Waals surface area contributed by atoms with E-state index in [2.05, 4.69) is 48.1 Å². The highest BCUT2D eigenvalue weighted by Gasteiger charge is 2.08. The molecule has 5 heteroatoms. The second kappa shape index (κ2) is 6.81. The Morgan fingerprint density at radius 3 is 2.33 bits per heavy atom. The largest absolute Gasteiger partial charge is 0.444 e. The number of aryl methyl sites for hydroxylation is 1. The summed E-state index contributed by atoms with van der Waals surface area (Å²) in [5.74, 6) is 0. The SMILES string of the molecule is C[n+]1cc(-c2ccc(Cl)cc2)cc2ccccc21.O=N[O-]. The summed E-state index contributed by atoms with van der Waals surface area (Å²) >= 11 is 5.92. The van der Waals surface area contributed by atoms with Crippen molar-refractivity contribution in [3.05, 3.63) is 75.9 Å². The van der Waals surface area contributed by atoms with Gasteiger partial charge in [-0.25, -0.2) is 4.57 Å². The molecule has 1 heterocycles. The minimum atomic E-state index is 0.768. The maximum Gasteiger partial charge on any atom is 0.212 e. The predicted molar refractivity (Wildman–Crippen MR) is 84.7 cm³/mol. The summed E-state index contributed by atoms with van der Waals surface area (Å²) in [6.07, 6.45) is 2.14. The molecular formula is C16H13ClN2O2. The number of aromatic nitrogens is 1. The minimum Gasteiger partial charge on any atom is -0.444 e. The van der Waals surface area contributed by atoms with Gasteiger partial charge in [0.15, 0.2) is 6.20 Å². The van der Waals surface area contributed by atoms with Gasteiger partial charge in [0.1, 0.15) is 7.05 Å². The van der Waals surface area contributed by atoms with E-state index in [1.54, 1.807) is 0 Å². The zero-order valence-electron chi connectivity index (χ0n) is 11.4. The number of halogens is 1. The molecule has 106 valence electrons. The fourth-order valence-corrected chi connectivity index (χ4v) is 2.34. The second-order valence-corrected chi connectivity index (χ2v) is 4.92. The van der Waals surface area contributed by atoms with Crippen LogP contribution in [-0.2, 0) is 7.05 Å². The number of benzene rings is 2. The van der Waals surface area contributed by atoms with Gasteiger partial charge in [-0.3, -0.25) is 0 Å². The van der Waals surface area contributed by atoms with Crippen molar-refractivity contribution >= 4 is 22.5 Å². The van der Waals surface area contributed by atoms with Crippen LogP contribution in [0.4, 0.5) is 0 Å². The summed E-state index contributed by atoms with van der Waals surface area (Å²) < 4.78 is 2.15. The summed E-state index contributed by atoms with van der Waals surface area (Å²) in [7, 11) is 2.07. The highest BCUT2D eigenvalue weighted by Crippen LogP contribution is 2.23. The summed E-state index contributed by atoms with van der Waals surface area (Å²) in [5, 5.41) is 11.0. The first-order valence-electron chi connectivity index (χ1n) is 6.25. The van der Waals surface area contributed by atoms with Gasteiger partial charge in [0.25, 0.3) is 0 Å². The summed E-state index contributed by atoms with van der Waals surface area (Å²) in [6, 6.07) is 18.5. The third-order valence-electron chi connectivity index (χ3n) is 3.14. The van der Waals surface area contributed by atoms with E-state index in [1.165, 1.54) is 22.0 Å². The molecule has 0 aliphatic carbocycles. The Kier molecular flexibility index (Phi) is 4.85. The molecule has 2 aromatic carbocycles. The van der Waals surface area contributed by atoms with E-state index in [1.807, 2.05) is 24.3 Å². The number of nitrogens with zero attached hydrogens (tertiary/aromatic N) is 2. The Balaban J connectivity index is 0.000000497. The second-order valence-electron chi connectivity index (χ2n) is 4.48.